The molecular formula is C22H51N4P. The Morgan fingerprint density at radius 3 is 1.30 bits per heavy atom. The first-order chi connectivity index (χ1) is 12.8. The van der Waals surface area contributed by atoms with E-state index >= 15 is 0 Å². The third-order valence-corrected chi connectivity index (χ3v) is 9.91. The second-order valence-corrected chi connectivity index (χ2v) is 12.1. The molecule has 5 heteroatoms. The Hall–Kier alpha value is 0.110. The number of unbranched alkanes of at least 4 members (excludes halogenated alkanes) is 4. The van der Waals surface area contributed by atoms with Gasteiger partial charge in [-0.3, -0.25) is 14.1 Å². The van der Waals surface area contributed by atoms with Gasteiger partial charge in [0.2, 0.25) is 0 Å². The smallest absolute Gasteiger partial charge is 0.167 e. The minimum Gasteiger partial charge on any atom is -0.261 e. The van der Waals surface area contributed by atoms with Crippen LogP contribution in [0.4, 0.5) is 0 Å². The summed E-state index contributed by atoms with van der Waals surface area (Å²) >= 11 is 0. The summed E-state index contributed by atoms with van der Waals surface area (Å²) in [5.74, 6) is 0. The molecule has 0 rings (SSSR count). The fourth-order valence-corrected chi connectivity index (χ4v) is 8.03. The van der Waals surface area contributed by atoms with E-state index in [0.717, 1.165) is 6.54 Å². The molecule has 0 aliphatic heterocycles. The van der Waals surface area contributed by atoms with Crippen LogP contribution in [0, 0.1) is 0 Å². The van der Waals surface area contributed by atoms with Crippen LogP contribution >= 0.6 is 7.51 Å². The maximum Gasteiger partial charge on any atom is 0.167 e. The average molecular weight is 403 g/mol. The molecule has 0 aromatic heterocycles. The normalized spacial score (nSPS) is 13.2. The molecule has 0 aliphatic rings. The molecule has 0 saturated carbocycles. The summed E-state index contributed by atoms with van der Waals surface area (Å²) in [4.78, 5) is 0. The van der Waals surface area contributed by atoms with E-state index in [1.54, 1.807) is 0 Å². The lowest BCUT2D eigenvalue weighted by Crippen LogP contribution is -2.49. The van der Waals surface area contributed by atoms with E-state index in [4.69, 9.17) is 4.74 Å². The summed E-state index contributed by atoms with van der Waals surface area (Å²) in [6, 6.07) is 0. The summed E-state index contributed by atoms with van der Waals surface area (Å²) in [6.45, 7) is 10.2. The van der Waals surface area contributed by atoms with Crippen molar-refractivity contribution < 1.29 is 0 Å². The minimum atomic E-state index is -1.88. The monoisotopic (exact) mass is 402 g/mol. The highest BCUT2D eigenvalue weighted by Crippen LogP contribution is 2.60. The Kier molecular flexibility index (Phi) is 14.2. The Morgan fingerprint density at radius 2 is 1.00 bits per heavy atom. The van der Waals surface area contributed by atoms with E-state index in [9.17, 15) is 0 Å². The lowest BCUT2D eigenvalue weighted by molar-refractivity contribution is 0.148. The number of nitrogens with zero attached hydrogens (tertiary/aromatic N) is 4. The Labute approximate surface area is 172 Å². The van der Waals surface area contributed by atoms with Gasteiger partial charge in [-0.05, 0) is 60.9 Å². The van der Waals surface area contributed by atoms with Crippen molar-refractivity contribution in [1.82, 2.24) is 14.0 Å². The van der Waals surface area contributed by atoms with Crippen molar-refractivity contribution in [2.45, 2.75) is 104 Å². The van der Waals surface area contributed by atoms with Crippen molar-refractivity contribution in [3.63, 3.8) is 0 Å². The summed E-state index contributed by atoms with van der Waals surface area (Å²) in [5, 5.41) is 0. The third-order valence-electron chi connectivity index (χ3n) is 5.95. The van der Waals surface area contributed by atoms with Gasteiger partial charge in [-0.1, -0.05) is 72.6 Å². The molecule has 164 valence electrons. The van der Waals surface area contributed by atoms with E-state index in [2.05, 4.69) is 76.9 Å². The van der Waals surface area contributed by atoms with E-state index in [1.807, 2.05) is 0 Å². The summed E-state index contributed by atoms with van der Waals surface area (Å²) < 4.78 is 13.0. The van der Waals surface area contributed by atoms with Gasteiger partial charge in [-0.25, -0.2) is 4.67 Å². The maximum absolute atomic E-state index is 5.42. The lowest BCUT2D eigenvalue weighted by atomic mass is 9.82. The fourth-order valence-electron chi connectivity index (χ4n) is 4.27. The highest BCUT2D eigenvalue weighted by molar-refractivity contribution is 7.59. The third kappa shape index (κ3) is 7.46. The molecule has 27 heavy (non-hydrogen) atoms. The predicted octanol–water partition coefficient (Wildman–Crippen LogP) is 7.10. The second kappa shape index (κ2) is 14.1. The van der Waals surface area contributed by atoms with E-state index < -0.39 is 7.51 Å². The quantitative estimate of drug-likeness (QED) is 0.203. The van der Waals surface area contributed by atoms with Crippen LogP contribution in [-0.2, 0) is 0 Å². The molecule has 4 nitrogen and oxygen atoms in total. The first-order valence-corrected chi connectivity index (χ1v) is 13.1. The van der Waals surface area contributed by atoms with Gasteiger partial charge in [0.1, 0.15) is 0 Å². The summed E-state index contributed by atoms with van der Waals surface area (Å²) in [6.07, 6.45) is 14.0. The average Bonchev–Trinajstić information content (AvgIpc) is 2.64. The first-order valence-electron chi connectivity index (χ1n) is 11.5. The van der Waals surface area contributed by atoms with Crippen molar-refractivity contribution in [2.24, 2.45) is 4.74 Å². The number of hydrogen-bond acceptors (Lipinski definition) is 1. The molecule has 0 saturated heterocycles. The van der Waals surface area contributed by atoms with Crippen LogP contribution in [0.1, 0.15) is 98.3 Å². The Bertz CT molecular complexity index is 387. The van der Waals surface area contributed by atoms with Crippen LogP contribution in [0.2, 0.25) is 0 Å². The highest BCUT2D eigenvalue weighted by atomic mass is 31.2. The molecule has 0 unspecified atom stereocenters. The van der Waals surface area contributed by atoms with Crippen LogP contribution < -0.4 is 0 Å². The zero-order valence-corrected chi connectivity index (χ0v) is 21.1. The molecule has 0 atom stereocenters. The van der Waals surface area contributed by atoms with Crippen molar-refractivity contribution in [2.75, 3.05) is 41.8 Å². The molecule has 0 N–H and O–H groups in total. The van der Waals surface area contributed by atoms with Crippen LogP contribution in [-0.4, -0.2) is 61.3 Å². The lowest BCUT2D eigenvalue weighted by Gasteiger charge is -2.53. The van der Waals surface area contributed by atoms with Crippen molar-refractivity contribution in [3.8, 4) is 0 Å². The van der Waals surface area contributed by atoms with Crippen LogP contribution in [0.25, 0.3) is 0 Å². The molecule has 0 aromatic rings. The van der Waals surface area contributed by atoms with E-state index in [0.29, 0.717) is 0 Å². The van der Waals surface area contributed by atoms with E-state index in [1.165, 1.54) is 70.6 Å². The first kappa shape index (κ1) is 27.1. The SMILES string of the molecule is CCCCN=P(N(C)C)(N(C)C)N(C)C(CCCC)(CCCC)CCCC. The highest BCUT2D eigenvalue weighted by Gasteiger charge is 2.43. The van der Waals surface area contributed by atoms with Crippen LogP contribution in [0.3, 0.4) is 0 Å². The van der Waals surface area contributed by atoms with Crippen LogP contribution in [0.5, 0.6) is 0 Å². The maximum atomic E-state index is 5.42. The summed E-state index contributed by atoms with van der Waals surface area (Å²) in [5.41, 5.74) is 0.264. The van der Waals surface area contributed by atoms with Crippen molar-refractivity contribution in [1.29, 1.82) is 0 Å². The summed E-state index contributed by atoms with van der Waals surface area (Å²) in [7, 11) is 9.48. The zero-order valence-electron chi connectivity index (χ0n) is 20.2. The van der Waals surface area contributed by atoms with Gasteiger partial charge in [0.25, 0.3) is 0 Å². The molecule has 0 fully saturated rings. The predicted molar refractivity (Wildman–Crippen MR) is 126 cm³/mol. The van der Waals surface area contributed by atoms with Crippen molar-refractivity contribution in [3.05, 3.63) is 0 Å². The van der Waals surface area contributed by atoms with Crippen molar-refractivity contribution >= 4 is 7.51 Å². The Morgan fingerprint density at radius 1 is 0.630 bits per heavy atom. The Balaban J connectivity index is 6.25. The largest absolute Gasteiger partial charge is 0.261 e. The van der Waals surface area contributed by atoms with Gasteiger partial charge in [-0.2, -0.15) is 0 Å². The van der Waals surface area contributed by atoms with Gasteiger partial charge in [-0.15, -0.1) is 0 Å². The molecule has 0 spiro atoms. The van der Waals surface area contributed by atoms with Crippen LogP contribution in [0.15, 0.2) is 4.74 Å². The van der Waals surface area contributed by atoms with E-state index in [-0.39, 0.29) is 5.54 Å². The second-order valence-electron chi connectivity index (χ2n) is 8.51. The topological polar surface area (TPSA) is 22.1 Å². The number of rotatable bonds is 16. The van der Waals surface area contributed by atoms with Gasteiger partial charge >= 0.3 is 0 Å². The number of hydrogen-bond donors (Lipinski definition) is 0. The molecular weight excluding hydrogens is 351 g/mol. The fraction of sp³-hybridized carbons (Fsp3) is 1.00. The van der Waals surface area contributed by atoms with Gasteiger partial charge in [0, 0.05) is 12.1 Å². The van der Waals surface area contributed by atoms with Gasteiger partial charge in [0.15, 0.2) is 7.51 Å². The molecule has 0 aromatic carbocycles. The van der Waals surface area contributed by atoms with Gasteiger partial charge < -0.3 is 0 Å². The molecule has 0 bridgehead atoms. The zero-order chi connectivity index (χ0) is 20.9. The molecule has 0 radical (unpaired) electrons. The molecule has 0 heterocycles. The standard InChI is InChI=1S/C22H51N4P/c1-10-14-18-22(19-15-11-2,20-16-12-3)26(9)27(24(5)6,25(7)8)23-21-17-13-4/h10-21H2,1-9H3. The molecule has 0 aliphatic carbocycles. The molecule has 0 amide bonds. The minimum absolute atomic E-state index is 0.264. The van der Waals surface area contributed by atoms with Gasteiger partial charge in [0.05, 0.1) is 0 Å².